The van der Waals surface area contributed by atoms with Gasteiger partial charge in [0.1, 0.15) is 17.2 Å². The van der Waals surface area contributed by atoms with E-state index in [9.17, 15) is 4.79 Å². The summed E-state index contributed by atoms with van der Waals surface area (Å²) in [6.45, 7) is 3.78. The molecule has 8 nitrogen and oxygen atoms in total. The number of aliphatic imine (C=N–C) groups is 1. The Labute approximate surface area is 207 Å². The van der Waals surface area contributed by atoms with Gasteiger partial charge >= 0.3 is 0 Å². The molecule has 0 unspecified atom stereocenters. The van der Waals surface area contributed by atoms with Gasteiger partial charge in [0.05, 0.1) is 20.8 Å². The molecule has 0 radical (unpaired) electrons. The lowest BCUT2D eigenvalue weighted by atomic mass is 10.2. The smallest absolute Gasteiger partial charge is 0.259 e. The van der Waals surface area contributed by atoms with Crippen molar-refractivity contribution in [1.82, 2.24) is 15.5 Å². The van der Waals surface area contributed by atoms with Gasteiger partial charge in [0.15, 0.2) is 12.6 Å². The number of hydrogen-bond acceptors (Lipinski definition) is 5. The zero-order valence-corrected chi connectivity index (χ0v) is 21.6. The number of nitrogens with one attached hydrogen (secondary N) is 2. The number of carbonyl (C=O) groups excluding carboxylic acids is 1. The molecule has 0 aliphatic heterocycles. The number of hydrogen-bond donors (Lipinski definition) is 2. The van der Waals surface area contributed by atoms with Crippen molar-refractivity contribution in [2.24, 2.45) is 4.99 Å². The lowest BCUT2D eigenvalue weighted by molar-refractivity contribution is -0.130. The molecule has 0 aliphatic rings. The molecular weight excluding hydrogens is 523 g/mol. The fourth-order valence-electron chi connectivity index (χ4n) is 2.70. The summed E-state index contributed by atoms with van der Waals surface area (Å²) < 4.78 is 16.3. The van der Waals surface area contributed by atoms with Crippen molar-refractivity contribution < 1.29 is 19.0 Å². The van der Waals surface area contributed by atoms with Gasteiger partial charge in [-0.25, -0.2) is 4.99 Å². The van der Waals surface area contributed by atoms with Crippen LogP contribution in [-0.2, 0) is 17.9 Å². The average Bonchev–Trinajstić information content (AvgIpc) is 2.79. The maximum absolute atomic E-state index is 11.7. The second-order valence-electron chi connectivity index (χ2n) is 6.95. The van der Waals surface area contributed by atoms with Crippen LogP contribution in [0.25, 0.3) is 0 Å². The van der Waals surface area contributed by atoms with Gasteiger partial charge < -0.3 is 29.7 Å². The van der Waals surface area contributed by atoms with E-state index in [4.69, 9.17) is 14.2 Å². The molecule has 0 bridgehead atoms. The van der Waals surface area contributed by atoms with E-state index in [1.807, 2.05) is 49.4 Å². The SMILES string of the molecule is CCNC(=NCc1cccc(OCC(=O)N(C)C)c1)NCc1ccc(OC)cc1OC.I. The molecule has 0 aromatic heterocycles. The lowest BCUT2D eigenvalue weighted by Crippen LogP contribution is -2.36. The van der Waals surface area contributed by atoms with Crippen LogP contribution >= 0.6 is 24.0 Å². The molecule has 176 valence electrons. The van der Waals surface area contributed by atoms with Crippen molar-refractivity contribution in [3.05, 3.63) is 53.6 Å². The van der Waals surface area contributed by atoms with Gasteiger partial charge in [-0.3, -0.25) is 4.79 Å². The van der Waals surface area contributed by atoms with Gasteiger partial charge in [0.25, 0.3) is 5.91 Å². The van der Waals surface area contributed by atoms with Crippen LogP contribution in [0.3, 0.4) is 0 Å². The molecule has 0 saturated heterocycles. The van der Waals surface area contributed by atoms with Crippen molar-refractivity contribution in [2.75, 3.05) is 41.5 Å². The van der Waals surface area contributed by atoms with Crippen LogP contribution in [0, 0.1) is 0 Å². The third-order valence-electron chi connectivity index (χ3n) is 4.46. The van der Waals surface area contributed by atoms with Gasteiger partial charge in [-0.05, 0) is 36.8 Å². The summed E-state index contributed by atoms with van der Waals surface area (Å²) in [5.74, 6) is 2.74. The fraction of sp³-hybridized carbons (Fsp3) is 0.391. The third kappa shape index (κ3) is 8.81. The van der Waals surface area contributed by atoms with Crippen LogP contribution in [-0.4, -0.2) is 58.2 Å². The van der Waals surface area contributed by atoms with Crippen LogP contribution in [0.2, 0.25) is 0 Å². The molecule has 2 N–H and O–H groups in total. The minimum Gasteiger partial charge on any atom is -0.497 e. The molecule has 0 aliphatic carbocycles. The van der Waals surface area contributed by atoms with Crippen LogP contribution in [0.15, 0.2) is 47.5 Å². The second kappa shape index (κ2) is 14.4. The first-order valence-electron chi connectivity index (χ1n) is 10.1. The van der Waals surface area contributed by atoms with Crippen molar-refractivity contribution in [1.29, 1.82) is 0 Å². The average molecular weight is 556 g/mol. The zero-order valence-electron chi connectivity index (χ0n) is 19.3. The van der Waals surface area contributed by atoms with Gasteiger partial charge in [-0.1, -0.05) is 12.1 Å². The molecule has 0 heterocycles. The number of nitrogens with zero attached hydrogens (tertiary/aromatic N) is 2. The number of halogens is 1. The molecule has 2 aromatic rings. The Balaban J connectivity index is 0.00000512. The summed E-state index contributed by atoms with van der Waals surface area (Å²) >= 11 is 0. The maximum Gasteiger partial charge on any atom is 0.259 e. The Morgan fingerprint density at radius 1 is 1.03 bits per heavy atom. The Morgan fingerprint density at radius 2 is 1.81 bits per heavy atom. The minimum absolute atomic E-state index is 0. The monoisotopic (exact) mass is 556 g/mol. The van der Waals surface area contributed by atoms with E-state index in [-0.39, 0.29) is 36.5 Å². The maximum atomic E-state index is 11.7. The zero-order chi connectivity index (χ0) is 22.6. The number of methoxy groups -OCH3 is 2. The number of likely N-dealkylation sites (N-methyl/N-ethyl adjacent to an activating group) is 1. The number of rotatable bonds is 10. The Bertz CT molecular complexity index is 890. The third-order valence-corrected chi connectivity index (χ3v) is 4.46. The summed E-state index contributed by atoms with van der Waals surface area (Å²) in [7, 11) is 6.67. The molecular formula is C23H33IN4O4. The first kappa shape index (κ1) is 27.3. The standard InChI is InChI=1S/C23H32N4O4.HI/c1-6-24-23(26-15-18-10-11-19(29-4)13-21(18)30-5)25-14-17-8-7-9-20(12-17)31-16-22(28)27(2)3;/h7-13H,6,14-16H2,1-5H3,(H2,24,25,26);1H. The lowest BCUT2D eigenvalue weighted by Gasteiger charge is -2.14. The summed E-state index contributed by atoms with van der Waals surface area (Å²) in [5.41, 5.74) is 1.98. The van der Waals surface area contributed by atoms with E-state index >= 15 is 0 Å². The van der Waals surface area contributed by atoms with E-state index in [0.717, 1.165) is 29.2 Å². The number of ether oxygens (including phenoxy) is 3. The van der Waals surface area contributed by atoms with E-state index in [0.29, 0.717) is 24.8 Å². The van der Waals surface area contributed by atoms with Crippen molar-refractivity contribution in [3.63, 3.8) is 0 Å². The highest BCUT2D eigenvalue weighted by atomic mass is 127. The Kier molecular flexibility index (Phi) is 12.3. The number of guanidine groups is 1. The molecule has 1 amide bonds. The second-order valence-corrected chi connectivity index (χ2v) is 6.95. The van der Waals surface area contributed by atoms with Gasteiger partial charge in [0, 0.05) is 38.8 Å². The van der Waals surface area contributed by atoms with Crippen molar-refractivity contribution in [2.45, 2.75) is 20.0 Å². The van der Waals surface area contributed by atoms with Crippen LogP contribution in [0.5, 0.6) is 17.2 Å². The molecule has 32 heavy (non-hydrogen) atoms. The summed E-state index contributed by atoms with van der Waals surface area (Å²) in [5, 5.41) is 6.57. The normalized spacial score (nSPS) is 10.6. The summed E-state index contributed by atoms with van der Waals surface area (Å²) in [4.78, 5) is 17.9. The molecule has 0 atom stereocenters. The van der Waals surface area contributed by atoms with Crippen molar-refractivity contribution >= 4 is 35.8 Å². The molecule has 0 spiro atoms. The van der Waals surface area contributed by atoms with Gasteiger partial charge in [-0.2, -0.15) is 0 Å². The number of amides is 1. The molecule has 2 aromatic carbocycles. The fourth-order valence-corrected chi connectivity index (χ4v) is 2.70. The highest BCUT2D eigenvalue weighted by Gasteiger charge is 2.07. The number of benzene rings is 2. The molecule has 2 rings (SSSR count). The van der Waals surface area contributed by atoms with Gasteiger partial charge in [-0.15, -0.1) is 24.0 Å². The van der Waals surface area contributed by atoms with Crippen molar-refractivity contribution in [3.8, 4) is 17.2 Å². The van der Waals surface area contributed by atoms with E-state index < -0.39 is 0 Å². The predicted molar refractivity (Wildman–Crippen MR) is 137 cm³/mol. The molecule has 9 heteroatoms. The highest BCUT2D eigenvalue weighted by Crippen LogP contribution is 2.24. The predicted octanol–water partition coefficient (Wildman–Crippen LogP) is 3.04. The molecule has 0 fully saturated rings. The highest BCUT2D eigenvalue weighted by molar-refractivity contribution is 14.0. The largest absolute Gasteiger partial charge is 0.497 e. The summed E-state index contributed by atoms with van der Waals surface area (Å²) in [6.07, 6.45) is 0. The van der Waals surface area contributed by atoms with E-state index in [1.165, 1.54) is 4.90 Å². The molecule has 0 saturated carbocycles. The number of carbonyl (C=O) groups is 1. The minimum atomic E-state index is -0.0870. The first-order chi connectivity index (χ1) is 15.0. The summed E-state index contributed by atoms with van der Waals surface area (Å²) in [6, 6.07) is 13.3. The Morgan fingerprint density at radius 3 is 2.47 bits per heavy atom. The van der Waals surface area contributed by atoms with Crippen LogP contribution in [0.4, 0.5) is 0 Å². The van der Waals surface area contributed by atoms with E-state index in [1.54, 1.807) is 28.3 Å². The van der Waals surface area contributed by atoms with E-state index in [2.05, 4.69) is 15.6 Å². The quantitative estimate of drug-likeness (QED) is 0.266. The topological polar surface area (TPSA) is 84.4 Å². The van der Waals surface area contributed by atoms with Crippen LogP contribution in [0.1, 0.15) is 18.1 Å². The van der Waals surface area contributed by atoms with Crippen LogP contribution < -0.4 is 24.8 Å². The first-order valence-corrected chi connectivity index (χ1v) is 10.1. The van der Waals surface area contributed by atoms with Gasteiger partial charge in [0.2, 0.25) is 0 Å². The Hall–Kier alpha value is -2.69.